The number of benzene rings is 7. The molecule has 1 heterocycles. The van der Waals surface area contributed by atoms with Crippen LogP contribution in [0.25, 0.3) is 71.3 Å². The molecular weight excluding hydrogens is 593 g/mol. The van der Waals surface area contributed by atoms with E-state index in [-0.39, 0.29) is 0 Å². The lowest BCUT2D eigenvalue weighted by Crippen LogP contribution is -2.49. The summed E-state index contributed by atoms with van der Waals surface area (Å²) in [5, 5.41) is 11.0. The van der Waals surface area contributed by atoms with Crippen LogP contribution in [0.1, 0.15) is 26.3 Å². The van der Waals surface area contributed by atoms with Crippen molar-refractivity contribution < 1.29 is 0 Å². The second-order valence-corrected chi connectivity index (χ2v) is 19.0. The van der Waals surface area contributed by atoms with Gasteiger partial charge in [0.1, 0.15) is 8.07 Å². The monoisotopic (exact) mass is 632 g/mol. The first kappa shape index (κ1) is 29.2. The molecule has 9 rings (SSSR count). The van der Waals surface area contributed by atoms with Crippen molar-refractivity contribution in [3.63, 3.8) is 0 Å². The van der Waals surface area contributed by atoms with E-state index in [0.717, 1.165) is 0 Å². The van der Waals surface area contributed by atoms with Gasteiger partial charge in [0.05, 0.1) is 0 Å². The molecule has 0 bridgehead atoms. The number of allylic oxidation sites excluding steroid dienone is 4. The van der Waals surface area contributed by atoms with Crippen molar-refractivity contribution >= 4 is 56.3 Å². The molecule has 7 aromatic rings. The van der Waals surface area contributed by atoms with E-state index in [1.807, 2.05) is 0 Å². The maximum absolute atomic E-state index is 2.61. The summed E-state index contributed by atoms with van der Waals surface area (Å²) < 4.78 is 0. The topological polar surface area (TPSA) is 0 Å². The minimum Gasteiger partial charge on any atom is -0.0732 e. The molecule has 0 radical (unpaired) electrons. The molecule has 1 aliphatic carbocycles. The zero-order valence-electron chi connectivity index (χ0n) is 28.4. The van der Waals surface area contributed by atoms with Crippen LogP contribution in [0.4, 0.5) is 0 Å². The fourth-order valence-electron chi connectivity index (χ4n) is 8.71. The standard InChI is InChI=1S/C47H40Si/c1-29-24-35(25-30(2)31(29)3)47-39-23-22-34(37-20-13-17-32-14-9-10-18-36(32)37)26-41(39)46(33-15-7-6-8-16-33)43-28-45-40(27-42(43)47)38-19-11-12-21-44(38)48(45,4)5/h6-29,31H,1-5H3. The third-order valence-electron chi connectivity index (χ3n) is 11.6. The van der Waals surface area contributed by atoms with Crippen LogP contribution in [-0.2, 0) is 0 Å². The molecule has 2 aliphatic rings. The molecule has 0 spiro atoms. The van der Waals surface area contributed by atoms with Gasteiger partial charge in [0.15, 0.2) is 0 Å². The van der Waals surface area contributed by atoms with Crippen molar-refractivity contribution in [2.24, 2.45) is 11.8 Å². The average molecular weight is 633 g/mol. The van der Waals surface area contributed by atoms with Crippen molar-refractivity contribution in [3.8, 4) is 33.4 Å². The van der Waals surface area contributed by atoms with Gasteiger partial charge in [-0.3, -0.25) is 0 Å². The Kier molecular flexibility index (Phi) is 6.55. The van der Waals surface area contributed by atoms with Gasteiger partial charge in [-0.2, -0.15) is 0 Å². The first-order valence-corrected chi connectivity index (χ1v) is 20.4. The molecule has 0 aromatic heterocycles. The summed E-state index contributed by atoms with van der Waals surface area (Å²) in [6.45, 7) is 12.1. The van der Waals surface area contributed by atoms with Gasteiger partial charge in [-0.1, -0.05) is 160 Å². The van der Waals surface area contributed by atoms with Crippen molar-refractivity contribution in [3.05, 3.63) is 151 Å². The summed E-state index contributed by atoms with van der Waals surface area (Å²) in [7, 11) is -1.90. The second kappa shape index (κ2) is 10.8. The summed E-state index contributed by atoms with van der Waals surface area (Å²) >= 11 is 0. The van der Waals surface area contributed by atoms with Crippen molar-refractivity contribution in [1.82, 2.24) is 0 Å². The molecule has 2 atom stereocenters. The molecule has 2 unspecified atom stereocenters. The molecule has 48 heavy (non-hydrogen) atoms. The van der Waals surface area contributed by atoms with E-state index in [9.17, 15) is 0 Å². The Balaban J connectivity index is 1.46. The van der Waals surface area contributed by atoms with Crippen LogP contribution in [0.3, 0.4) is 0 Å². The highest BCUT2D eigenvalue weighted by atomic mass is 28.3. The van der Waals surface area contributed by atoms with Crippen molar-refractivity contribution in [1.29, 1.82) is 0 Å². The van der Waals surface area contributed by atoms with E-state index in [1.165, 1.54) is 82.4 Å². The average Bonchev–Trinajstić information content (AvgIpc) is 3.33. The molecule has 0 saturated heterocycles. The maximum atomic E-state index is 2.61. The van der Waals surface area contributed by atoms with Gasteiger partial charge in [0, 0.05) is 0 Å². The number of rotatable bonds is 3. The van der Waals surface area contributed by atoms with E-state index in [1.54, 1.807) is 10.4 Å². The summed E-state index contributed by atoms with van der Waals surface area (Å²) in [6.07, 6.45) is 5.01. The Morgan fingerprint density at radius 3 is 2.02 bits per heavy atom. The molecule has 1 aliphatic heterocycles. The van der Waals surface area contributed by atoms with E-state index in [0.29, 0.717) is 11.8 Å². The molecule has 232 valence electrons. The number of fused-ring (bicyclic) bond motifs is 6. The van der Waals surface area contributed by atoms with Gasteiger partial charge in [0.2, 0.25) is 0 Å². The van der Waals surface area contributed by atoms with Gasteiger partial charge < -0.3 is 0 Å². The fraction of sp³-hybridized carbons (Fsp3) is 0.149. The van der Waals surface area contributed by atoms with Crippen LogP contribution in [-0.4, -0.2) is 8.07 Å². The van der Waals surface area contributed by atoms with Gasteiger partial charge in [-0.15, -0.1) is 0 Å². The van der Waals surface area contributed by atoms with Crippen LogP contribution in [0.5, 0.6) is 0 Å². The lowest BCUT2D eigenvalue weighted by molar-refractivity contribution is 0.525. The van der Waals surface area contributed by atoms with Crippen LogP contribution in [0.2, 0.25) is 13.1 Å². The maximum Gasteiger partial charge on any atom is 0.113 e. The normalized spacial score (nSPS) is 18.1. The van der Waals surface area contributed by atoms with E-state index in [4.69, 9.17) is 0 Å². The lowest BCUT2D eigenvalue weighted by Gasteiger charge is -2.27. The van der Waals surface area contributed by atoms with E-state index in [2.05, 4.69) is 173 Å². The summed E-state index contributed by atoms with van der Waals surface area (Å²) in [6, 6.07) is 48.2. The molecule has 0 saturated carbocycles. The summed E-state index contributed by atoms with van der Waals surface area (Å²) in [5.41, 5.74) is 12.2. The molecule has 1 heteroatoms. The Hall–Kier alpha value is -4.98. The minimum absolute atomic E-state index is 0.473. The van der Waals surface area contributed by atoms with Gasteiger partial charge in [0.25, 0.3) is 0 Å². The van der Waals surface area contributed by atoms with Crippen LogP contribution in [0, 0.1) is 11.8 Å². The molecule has 0 fully saturated rings. The number of hydrogen-bond acceptors (Lipinski definition) is 0. The third kappa shape index (κ3) is 4.27. The second-order valence-electron chi connectivity index (χ2n) is 14.7. The third-order valence-corrected chi connectivity index (χ3v) is 15.1. The first-order valence-electron chi connectivity index (χ1n) is 17.4. The van der Waals surface area contributed by atoms with Crippen LogP contribution in [0.15, 0.2) is 145 Å². The summed E-state index contributed by atoms with van der Waals surface area (Å²) in [4.78, 5) is 0. The Morgan fingerprint density at radius 1 is 0.500 bits per heavy atom. The first-order chi connectivity index (χ1) is 23.3. The molecule has 7 aromatic carbocycles. The van der Waals surface area contributed by atoms with Crippen molar-refractivity contribution in [2.45, 2.75) is 33.9 Å². The highest BCUT2D eigenvalue weighted by Crippen LogP contribution is 2.47. The zero-order chi connectivity index (χ0) is 32.7. The molecule has 0 N–H and O–H groups in total. The number of hydrogen-bond donors (Lipinski definition) is 0. The van der Waals surface area contributed by atoms with Gasteiger partial charge in [-0.25, -0.2) is 0 Å². The van der Waals surface area contributed by atoms with Crippen molar-refractivity contribution in [2.75, 3.05) is 0 Å². The minimum atomic E-state index is -1.90. The highest BCUT2D eigenvalue weighted by molar-refractivity contribution is 7.04. The van der Waals surface area contributed by atoms with Crippen LogP contribution >= 0.6 is 0 Å². The fourth-order valence-corrected chi connectivity index (χ4v) is 11.8. The summed E-state index contributed by atoms with van der Waals surface area (Å²) in [5.74, 6) is 1.01. The molecule has 0 amide bonds. The Morgan fingerprint density at radius 2 is 1.19 bits per heavy atom. The SMILES string of the molecule is CC1=CC(c2c3ccc(-c4cccc5ccccc45)cc3c(-c3ccccc3)c3cc4c(cc23)-c2ccccc2[Si]4(C)C)=CC(C)C1C. The van der Waals surface area contributed by atoms with Crippen LogP contribution < -0.4 is 10.4 Å². The molecule has 0 nitrogen and oxygen atoms in total. The molecular formula is C47H40Si. The predicted molar refractivity (Wildman–Crippen MR) is 212 cm³/mol. The lowest BCUT2D eigenvalue weighted by atomic mass is 9.78. The van der Waals surface area contributed by atoms with Gasteiger partial charge in [-0.05, 0) is 118 Å². The smallest absolute Gasteiger partial charge is 0.0732 e. The quantitative estimate of drug-likeness (QED) is 0.134. The largest absolute Gasteiger partial charge is 0.113 e. The highest BCUT2D eigenvalue weighted by Gasteiger charge is 2.38. The Labute approximate surface area is 285 Å². The van der Waals surface area contributed by atoms with E-state index >= 15 is 0 Å². The predicted octanol–water partition coefficient (Wildman–Crippen LogP) is 11.9. The van der Waals surface area contributed by atoms with Gasteiger partial charge >= 0.3 is 0 Å². The zero-order valence-corrected chi connectivity index (χ0v) is 29.4. The van der Waals surface area contributed by atoms with E-state index < -0.39 is 8.07 Å². The Bertz CT molecular complexity index is 2500.